The lowest BCUT2D eigenvalue weighted by Gasteiger charge is -2.25. The molecule has 2 bridgehead atoms. The van der Waals surface area contributed by atoms with Crippen molar-refractivity contribution in [3.63, 3.8) is 0 Å². The van der Waals surface area contributed by atoms with Crippen molar-refractivity contribution in [2.45, 2.75) is 25.0 Å². The molecule has 3 heterocycles. The third-order valence-electron chi connectivity index (χ3n) is 5.96. The Morgan fingerprint density at radius 2 is 1.27 bits per heavy atom. The van der Waals surface area contributed by atoms with Gasteiger partial charge in [-0.05, 0) is 37.1 Å². The summed E-state index contributed by atoms with van der Waals surface area (Å²) in [4.78, 5) is 27.5. The molecule has 0 N–H and O–H groups in total. The number of rotatable bonds is 2. The molecule has 4 heteroatoms. The Kier molecular flexibility index (Phi) is 2.94. The summed E-state index contributed by atoms with van der Waals surface area (Å²) < 4.78 is 6.04. The quantitative estimate of drug-likeness (QED) is 0.617. The standard InChI is InChI=1S/C22H19NO3/c1-21-12-13-22(2,26-21)18-17(21)19(24)23(20(18)25)16-10-8-15(9-11-16)14-6-4-3-5-7-14/h3-13,17-18H,1-2H3/t17-,18+,21+,22-. The molecule has 3 aliphatic heterocycles. The van der Waals surface area contributed by atoms with Crippen molar-refractivity contribution in [2.75, 3.05) is 4.90 Å². The van der Waals surface area contributed by atoms with Gasteiger partial charge in [-0.1, -0.05) is 54.6 Å². The minimum atomic E-state index is -0.690. The van der Waals surface area contributed by atoms with Gasteiger partial charge >= 0.3 is 0 Å². The monoisotopic (exact) mass is 345 g/mol. The zero-order valence-corrected chi connectivity index (χ0v) is 14.7. The van der Waals surface area contributed by atoms with E-state index in [0.717, 1.165) is 11.1 Å². The molecule has 0 saturated carbocycles. The molecule has 5 rings (SSSR count). The second-order valence-corrected chi connectivity index (χ2v) is 7.68. The molecule has 0 aromatic heterocycles. The Morgan fingerprint density at radius 3 is 1.81 bits per heavy atom. The maximum atomic E-state index is 13.1. The van der Waals surface area contributed by atoms with Gasteiger partial charge in [0.1, 0.15) is 0 Å². The van der Waals surface area contributed by atoms with Crippen LogP contribution in [0.15, 0.2) is 66.7 Å². The van der Waals surface area contributed by atoms with Gasteiger partial charge in [0.15, 0.2) is 0 Å². The minimum Gasteiger partial charge on any atom is -0.359 e. The molecule has 2 amide bonds. The van der Waals surface area contributed by atoms with Gasteiger partial charge in [0, 0.05) is 0 Å². The summed E-state index contributed by atoms with van der Waals surface area (Å²) in [5.41, 5.74) is 1.40. The molecule has 4 nitrogen and oxygen atoms in total. The highest BCUT2D eigenvalue weighted by Crippen LogP contribution is 2.57. The second kappa shape index (κ2) is 4.92. The molecule has 2 aromatic rings. The van der Waals surface area contributed by atoms with Crippen molar-refractivity contribution in [1.82, 2.24) is 0 Å². The zero-order valence-electron chi connectivity index (χ0n) is 14.7. The van der Waals surface area contributed by atoms with E-state index in [4.69, 9.17) is 4.74 Å². The third-order valence-corrected chi connectivity index (χ3v) is 5.96. The van der Waals surface area contributed by atoms with Crippen LogP contribution in [0.25, 0.3) is 11.1 Å². The average molecular weight is 345 g/mol. The third kappa shape index (κ3) is 1.88. The largest absolute Gasteiger partial charge is 0.359 e. The zero-order chi connectivity index (χ0) is 18.1. The lowest BCUT2D eigenvalue weighted by molar-refractivity contribution is -0.128. The van der Waals surface area contributed by atoms with E-state index < -0.39 is 23.0 Å². The van der Waals surface area contributed by atoms with Crippen LogP contribution >= 0.6 is 0 Å². The summed E-state index contributed by atoms with van der Waals surface area (Å²) >= 11 is 0. The van der Waals surface area contributed by atoms with Crippen molar-refractivity contribution in [2.24, 2.45) is 11.8 Å². The van der Waals surface area contributed by atoms with E-state index in [1.807, 2.05) is 80.6 Å². The van der Waals surface area contributed by atoms with E-state index in [0.29, 0.717) is 5.69 Å². The van der Waals surface area contributed by atoms with Crippen molar-refractivity contribution in [3.05, 3.63) is 66.7 Å². The van der Waals surface area contributed by atoms with Crippen LogP contribution in [0.1, 0.15) is 13.8 Å². The van der Waals surface area contributed by atoms with Gasteiger partial charge in [-0.2, -0.15) is 0 Å². The molecule has 0 unspecified atom stereocenters. The highest BCUT2D eigenvalue weighted by molar-refractivity contribution is 6.23. The highest BCUT2D eigenvalue weighted by Gasteiger charge is 2.70. The van der Waals surface area contributed by atoms with Gasteiger partial charge in [-0.15, -0.1) is 0 Å². The van der Waals surface area contributed by atoms with Gasteiger partial charge in [-0.25, -0.2) is 4.90 Å². The van der Waals surface area contributed by atoms with Gasteiger partial charge < -0.3 is 4.74 Å². The number of imide groups is 1. The molecule has 0 aliphatic carbocycles. The fourth-order valence-electron chi connectivity index (χ4n) is 4.72. The van der Waals surface area contributed by atoms with Crippen molar-refractivity contribution in [3.8, 4) is 11.1 Å². The molecule has 3 aliphatic rings. The van der Waals surface area contributed by atoms with Crippen LogP contribution in [0.4, 0.5) is 5.69 Å². The summed E-state index contributed by atoms with van der Waals surface area (Å²) in [6.07, 6.45) is 3.86. The van der Waals surface area contributed by atoms with Gasteiger partial charge in [0.25, 0.3) is 0 Å². The van der Waals surface area contributed by atoms with E-state index in [9.17, 15) is 9.59 Å². The Labute approximate surface area is 152 Å². The van der Waals surface area contributed by atoms with Crippen molar-refractivity contribution in [1.29, 1.82) is 0 Å². The number of benzene rings is 2. The number of anilines is 1. The smallest absolute Gasteiger partial charge is 0.241 e. The van der Waals surface area contributed by atoms with Gasteiger partial charge in [-0.3, -0.25) is 9.59 Å². The molecule has 26 heavy (non-hydrogen) atoms. The lowest BCUT2D eigenvalue weighted by atomic mass is 9.73. The number of carbonyl (C=O) groups is 2. The fraction of sp³-hybridized carbons (Fsp3) is 0.273. The number of amides is 2. The first kappa shape index (κ1) is 15.5. The summed E-state index contributed by atoms with van der Waals surface area (Å²) in [5, 5.41) is 0. The highest BCUT2D eigenvalue weighted by atomic mass is 16.5. The van der Waals surface area contributed by atoms with Crippen molar-refractivity contribution >= 4 is 17.5 Å². The van der Waals surface area contributed by atoms with Crippen LogP contribution in [0.3, 0.4) is 0 Å². The van der Waals surface area contributed by atoms with Crippen LogP contribution in [0.2, 0.25) is 0 Å². The van der Waals surface area contributed by atoms with Crippen LogP contribution < -0.4 is 4.90 Å². The second-order valence-electron chi connectivity index (χ2n) is 7.68. The van der Waals surface area contributed by atoms with Crippen LogP contribution in [0.5, 0.6) is 0 Å². The summed E-state index contributed by atoms with van der Waals surface area (Å²) in [5.74, 6) is -1.22. The Morgan fingerprint density at radius 1 is 0.769 bits per heavy atom. The normalized spacial score (nSPS) is 34.6. The molecular formula is C22H19NO3. The topological polar surface area (TPSA) is 46.6 Å². The number of fused-ring (bicyclic) bond motifs is 5. The van der Waals surface area contributed by atoms with Crippen LogP contribution in [0, 0.1) is 11.8 Å². The Hall–Kier alpha value is -2.72. The van der Waals surface area contributed by atoms with Crippen LogP contribution in [-0.2, 0) is 14.3 Å². The predicted octanol–water partition coefficient (Wildman–Crippen LogP) is 3.58. The maximum absolute atomic E-state index is 13.1. The molecule has 2 aromatic carbocycles. The Balaban J connectivity index is 1.51. The van der Waals surface area contributed by atoms with E-state index >= 15 is 0 Å². The average Bonchev–Trinajstić information content (AvgIpc) is 3.20. The summed E-state index contributed by atoms with van der Waals surface area (Å²) in [6.45, 7) is 3.79. The van der Waals surface area contributed by atoms with E-state index in [-0.39, 0.29) is 11.8 Å². The van der Waals surface area contributed by atoms with E-state index in [1.54, 1.807) is 0 Å². The molecule has 0 spiro atoms. The minimum absolute atomic E-state index is 0.164. The number of ether oxygens (including phenoxy) is 1. The summed E-state index contributed by atoms with van der Waals surface area (Å²) in [7, 11) is 0. The van der Waals surface area contributed by atoms with Gasteiger partial charge in [0.2, 0.25) is 11.8 Å². The Bertz CT molecular complexity index is 913. The van der Waals surface area contributed by atoms with Crippen molar-refractivity contribution < 1.29 is 14.3 Å². The van der Waals surface area contributed by atoms with E-state index in [1.165, 1.54) is 4.90 Å². The first-order valence-electron chi connectivity index (χ1n) is 8.87. The lowest BCUT2D eigenvalue weighted by Crippen LogP contribution is -2.39. The predicted molar refractivity (Wildman–Crippen MR) is 98.4 cm³/mol. The van der Waals surface area contributed by atoms with Crippen LogP contribution in [-0.4, -0.2) is 23.0 Å². The SMILES string of the molecule is C[C@]12C=C[C@](C)(O1)[C@H]1C(=O)N(c3ccc(-c4ccccc4)cc3)C(=O)[C@H]12. The number of hydrogen-bond donors (Lipinski definition) is 0. The molecule has 130 valence electrons. The molecule has 0 radical (unpaired) electrons. The first-order valence-corrected chi connectivity index (χ1v) is 8.87. The summed E-state index contributed by atoms with van der Waals surface area (Å²) in [6, 6.07) is 17.6. The van der Waals surface area contributed by atoms with E-state index in [2.05, 4.69) is 0 Å². The molecule has 2 saturated heterocycles. The number of hydrogen-bond acceptors (Lipinski definition) is 3. The number of nitrogens with zero attached hydrogens (tertiary/aromatic N) is 1. The fourth-order valence-corrected chi connectivity index (χ4v) is 4.72. The number of carbonyl (C=O) groups excluding carboxylic acids is 2. The maximum Gasteiger partial charge on any atom is 0.241 e. The molecular weight excluding hydrogens is 326 g/mol. The first-order chi connectivity index (χ1) is 12.4. The molecule has 2 fully saturated rings. The molecule has 4 atom stereocenters. The van der Waals surface area contributed by atoms with Gasteiger partial charge in [0.05, 0.1) is 28.7 Å².